The Morgan fingerprint density at radius 1 is 1.04 bits per heavy atom. The molecule has 2 aromatic carbocycles. The van der Waals surface area contributed by atoms with E-state index >= 15 is 0 Å². The molecule has 144 valence electrons. The van der Waals surface area contributed by atoms with Crippen molar-refractivity contribution in [3.8, 4) is 0 Å². The Bertz CT molecular complexity index is 893. The number of benzene rings is 2. The number of nitrogens with zero attached hydrogens (tertiary/aromatic N) is 1. The molecule has 2 aromatic rings. The summed E-state index contributed by atoms with van der Waals surface area (Å²) in [4.78, 5) is 48.5. The molecule has 0 spiro atoms. The third-order valence-corrected chi connectivity index (χ3v) is 4.45. The molecule has 0 aliphatic carbocycles. The predicted molar refractivity (Wildman–Crippen MR) is 100 cm³/mol. The molecular weight excluding hydrogens is 360 g/mol. The van der Waals surface area contributed by atoms with Gasteiger partial charge in [-0.3, -0.25) is 29.6 Å². The molecule has 1 aliphatic heterocycles. The van der Waals surface area contributed by atoms with Gasteiger partial charge in [-0.1, -0.05) is 48.0 Å². The van der Waals surface area contributed by atoms with E-state index in [2.05, 4.69) is 5.43 Å². The summed E-state index contributed by atoms with van der Waals surface area (Å²) in [6.45, 7) is 1.53. The molecule has 7 heteroatoms. The van der Waals surface area contributed by atoms with E-state index in [4.69, 9.17) is 4.74 Å². The highest BCUT2D eigenvalue weighted by molar-refractivity contribution is 5.99. The standard InChI is InChI=1S/C21H20N2O5/c1-14-7-9-15(10-8-14)18(24)13-28-21(27)17-11-19(25)23(12-17)22-20(26)16-5-3-2-4-6-16/h2-10,17H,11-13H2,1H3,(H,22,26)/t17-/m0/s1. The fourth-order valence-electron chi connectivity index (χ4n) is 2.83. The van der Waals surface area contributed by atoms with Crippen LogP contribution in [0.4, 0.5) is 0 Å². The Hall–Kier alpha value is -3.48. The van der Waals surface area contributed by atoms with Crippen LogP contribution in [0.2, 0.25) is 0 Å². The van der Waals surface area contributed by atoms with Crippen LogP contribution in [-0.2, 0) is 14.3 Å². The lowest BCUT2D eigenvalue weighted by molar-refractivity contribution is -0.147. The largest absolute Gasteiger partial charge is 0.457 e. The molecular formula is C21H20N2O5. The first-order valence-electron chi connectivity index (χ1n) is 8.87. The number of amides is 2. The van der Waals surface area contributed by atoms with Crippen molar-refractivity contribution in [1.82, 2.24) is 10.4 Å². The number of carbonyl (C=O) groups excluding carboxylic acids is 4. The summed E-state index contributed by atoms with van der Waals surface area (Å²) in [5, 5.41) is 1.11. The normalized spacial score (nSPS) is 16.0. The summed E-state index contributed by atoms with van der Waals surface area (Å²) in [6, 6.07) is 15.4. The molecule has 0 radical (unpaired) electrons. The van der Waals surface area contributed by atoms with E-state index in [0.717, 1.165) is 10.6 Å². The molecule has 0 aromatic heterocycles. The van der Waals surface area contributed by atoms with Gasteiger partial charge in [0, 0.05) is 17.5 Å². The van der Waals surface area contributed by atoms with Crippen LogP contribution in [0.15, 0.2) is 54.6 Å². The summed E-state index contributed by atoms with van der Waals surface area (Å²) in [5.74, 6) is -2.49. The number of ether oxygens (including phenoxy) is 1. The summed E-state index contributed by atoms with van der Waals surface area (Å²) >= 11 is 0. The Morgan fingerprint density at radius 3 is 2.39 bits per heavy atom. The number of aryl methyl sites for hydroxylation is 1. The van der Waals surface area contributed by atoms with Crippen LogP contribution in [0, 0.1) is 12.8 Å². The molecule has 1 atom stereocenters. The quantitative estimate of drug-likeness (QED) is 0.610. The number of hydrogen-bond donors (Lipinski definition) is 1. The lowest BCUT2D eigenvalue weighted by Gasteiger charge is -2.17. The third kappa shape index (κ3) is 4.62. The van der Waals surface area contributed by atoms with Crippen LogP contribution in [0.1, 0.15) is 32.7 Å². The predicted octanol–water partition coefficient (Wildman–Crippen LogP) is 1.91. The van der Waals surface area contributed by atoms with Crippen LogP contribution in [0.5, 0.6) is 0 Å². The summed E-state index contributed by atoms with van der Waals surface area (Å²) < 4.78 is 5.08. The Labute approximate surface area is 162 Å². The highest BCUT2D eigenvalue weighted by atomic mass is 16.5. The maximum atomic E-state index is 12.2. The second-order valence-electron chi connectivity index (χ2n) is 6.61. The Balaban J connectivity index is 1.51. The number of nitrogens with one attached hydrogen (secondary N) is 1. The van der Waals surface area contributed by atoms with Crippen molar-refractivity contribution in [1.29, 1.82) is 0 Å². The topological polar surface area (TPSA) is 92.8 Å². The highest BCUT2D eigenvalue weighted by Crippen LogP contribution is 2.18. The van der Waals surface area contributed by atoms with Gasteiger partial charge in [0.25, 0.3) is 5.91 Å². The van der Waals surface area contributed by atoms with Crippen molar-refractivity contribution < 1.29 is 23.9 Å². The van der Waals surface area contributed by atoms with Gasteiger partial charge in [-0.2, -0.15) is 0 Å². The van der Waals surface area contributed by atoms with Gasteiger partial charge in [0.1, 0.15) is 0 Å². The van der Waals surface area contributed by atoms with Crippen molar-refractivity contribution in [2.75, 3.05) is 13.2 Å². The van der Waals surface area contributed by atoms with Crippen molar-refractivity contribution in [2.45, 2.75) is 13.3 Å². The van der Waals surface area contributed by atoms with Crippen LogP contribution < -0.4 is 5.43 Å². The highest BCUT2D eigenvalue weighted by Gasteiger charge is 2.36. The van der Waals surface area contributed by atoms with Crippen molar-refractivity contribution >= 4 is 23.6 Å². The van der Waals surface area contributed by atoms with Gasteiger partial charge < -0.3 is 4.74 Å². The van der Waals surface area contributed by atoms with E-state index in [1.54, 1.807) is 54.6 Å². The number of hydrazine groups is 1. The minimum absolute atomic E-state index is 0.00889. The number of ketones is 1. The Kier molecular flexibility index (Phi) is 5.84. The maximum Gasteiger partial charge on any atom is 0.311 e. The molecule has 0 unspecified atom stereocenters. The zero-order valence-corrected chi connectivity index (χ0v) is 15.4. The van der Waals surface area contributed by atoms with E-state index in [0.29, 0.717) is 11.1 Å². The lowest BCUT2D eigenvalue weighted by atomic mass is 10.1. The van der Waals surface area contributed by atoms with Crippen LogP contribution in [-0.4, -0.2) is 41.7 Å². The number of Topliss-reactive ketones (excluding diaryl/α,β-unsaturated/α-hetero) is 1. The van der Waals surface area contributed by atoms with Gasteiger partial charge >= 0.3 is 5.97 Å². The van der Waals surface area contributed by atoms with Gasteiger partial charge in [-0.15, -0.1) is 0 Å². The Morgan fingerprint density at radius 2 is 1.71 bits per heavy atom. The molecule has 0 bridgehead atoms. The van der Waals surface area contributed by atoms with Gasteiger partial charge in [0.2, 0.25) is 5.91 Å². The van der Waals surface area contributed by atoms with E-state index in [1.807, 2.05) is 6.92 Å². The molecule has 7 nitrogen and oxygen atoms in total. The van der Waals surface area contributed by atoms with E-state index in [-0.39, 0.29) is 31.3 Å². The second-order valence-corrected chi connectivity index (χ2v) is 6.61. The molecule has 2 amide bonds. The average molecular weight is 380 g/mol. The maximum absolute atomic E-state index is 12.2. The number of esters is 1. The SMILES string of the molecule is Cc1ccc(C(=O)COC(=O)[C@H]2CC(=O)N(NC(=O)c3ccccc3)C2)cc1. The average Bonchev–Trinajstić information content (AvgIpc) is 3.07. The van der Waals surface area contributed by atoms with Crippen molar-refractivity contribution in [3.05, 3.63) is 71.3 Å². The second kappa shape index (κ2) is 8.47. The molecule has 1 fully saturated rings. The number of rotatable bonds is 6. The molecule has 1 aliphatic rings. The van der Waals surface area contributed by atoms with Gasteiger partial charge in [0.05, 0.1) is 12.5 Å². The zero-order chi connectivity index (χ0) is 20.1. The van der Waals surface area contributed by atoms with Gasteiger partial charge in [-0.05, 0) is 19.1 Å². The lowest BCUT2D eigenvalue weighted by Crippen LogP contribution is -2.43. The van der Waals surface area contributed by atoms with Crippen molar-refractivity contribution in [3.63, 3.8) is 0 Å². The molecule has 1 saturated heterocycles. The first kappa shape index (κ1) is 19.3. The van der Waals surface area contributed by atoms with E-state index < -0.39 is 17.8 Å². The molecule has 0 saturated carbocycles. The number of carbonyl (C=O) groups is 4. The van der Waals surface area contributed by atoms with Crippen LogP contribution >= 0.6 is 0 Å². The van der Waals surface area contributed by atoms with E-state index in [1.165, 1.54) is 0 Å². The monoisotopic (exact) mass is 380 g/mol. The van der Waals surface area contributed by atoms with Crippen LogP contribution in [0.3, 0.4) is 0 Å². The molecule has 1 N–H and O–H groups in total. The van der Waals surface area contributed by atoms with E-state index in [9.17, 15) is 19.2 Å². The van der Waals surface area contributed by atoms with Crippen molar-refractivity contribution in [2.24, 2.45) is 5.92 Å². The molecule has 28 heavy (non-hydrogen) atoms. The minimum Gasteiger partial charge on any atom is -0.457 e. The zero-order valence-electron chi connectivity index (χ0n) is 15.4. The molecule has 3 rings (SSSR count). The summed E-state index contributed by atoms with van der Waals surface area (Å²) in [7, 11) is 0. The molecule has 1 heterocycles. The van der Waals surface area contributed by atoms with Gasteiger partial charge in [0.15, 0.2) is 12.4 Å². The fourth-order valence-corrected chi connectivity index (χ4v) is 2.83. The smallest absolute Gasteiger partial charge is 0.311 e. The summed E-state index contributed by atoms with van der Waals surface area (Å²) in [6.07, 6.45) is -0.0768. The first-order chi connectivity index (χ1) is 13.4. The van der Waals surface area contributed by atoms with Crippen LogP contribution in [0.25, 0.3) is 0 Å². The van der Waals surface area contributed by atoms with Gasteiger partial charge in [-0.25, -0.2) is 0 Å². The fraction of sp³-hybridized carbons (Fsp3) is 0.238. The number of hydrogen-bond acceptors (Lipinski definition) is 5. The third-order valence-electron chi connectivity index (χ3n) is 4.45. The minimum atomic E-state index is -0.727. The summed E-state index contributed by atoms with van der Waals surface area (Å²) in [5.41, 5.74) is 4.38. The first-order valence-corrected chi connectivity index (χ1v) is 8.87.